The minimum Gasteiger partial charge on any atom is -0.342 e. The number of nitrogens with one attached hydrogen (secondary N) is 1. The number of fused-ring (bicyclic) bond motifs is 1. The molecule has 2 aliphatic heterocycles. The molecule has 2 saturated heterocycles. The lowest BCUT2D eigenvalue weighted by molar-refractivity contribution is -0.127. The molecule has 0 aliphatic carbocycles. The van der Waals surface area contributed by atoms with Crippen LogP contribution in [0.3, 0.4) is 0 Å². The van der Waals surface area contributed by atoms with E-state index in [-0.39, 0.29) is 23.6 Å². The van der Waals surface area contributed by atoms with E-state index in [2.05, 4.69) is 11.4 Å². The molecule has 2 aliphatic rings. The Kier molecular flexibility index (Phi) is 5.43. The number of nitrogens with zero attached hydrogens (tertiary/aromatic N) is 2. The van der Waals surface area contributed by atoms with Crippen LogP contribution >= 0.6 is 11.3 Å². The maximum Gasteiger partial charge on any atom is 0.266 e. The second-order valence-electron chi connectivity index (χ2n) is 8.44. The summed E-state index contributed by atoms with van der Waals surface area (Å²) in [5, 5.41) is 4.13. The Balaban J connectivity index is 1.41. The number of likely N-dealkylation sites (tertiary alicyclic amines) is 1. The van der Waals surface area contributed by atoms with Crippen molar-refractivity contribution in [2.24, 2.45) is 0 Å². The van der Waals surface area contributed by atoms with Crippen LogP contribution in [0.1, 0.15) is 47.3 Å². The van der Waals surface area contributed by atoms with Crippen molar-refractivity contribution < 1.29 is 14.4 Å². The fourth-order valence-electron chi connectivity index (χ4n) is 4.75. The SMILES string of the molecule is CC(=O)N1CC[C@@H](c2c(C(=O)Nc3ccc(N4CCCC4=O)cc3)sc3ccccc23)C1. The third kappa shape index (κ3) is 3.77. The van der Waals surface area contributed by atoms with E-state index < -0.39 is 0 Å². The maximum absolute atomic E-state index is 13.3. The number of thiophene rings is 1. The fraction of sp³-hybridized carbons (Fsp3) is 0.320. The van der Waals surface area contributed by atoms with Gasteiger partial charge in [-0.2, -0.15) is 0 Å². The third-order valence-electron chi connectivity index (χ3n) is 6.39. The zero-order valence-corrected chi connectivity index (χ0v) is 18.8. The summed E-state index contributed by atoms with van der Waals surface area (Å²) in [5.41, 5.74) is 2.61. The predicted molar refractivity (Wildman–Crippen MR) is 127 cm³/mol. The van der Waals surface area contributed by atoms with E-state index in [1.807, 2.05) is 47.4 Å². The molecule has 0 spiro atoms. The van der Waals surface area contributed by atoms with Gasteiger partial charge in [-0.25, -0.2) is 0 Å². The van der Waals surface area contributed by atoms with Gasteiger partial charge in [0.05, 0.1) is 4.88 Å². The Morgan fingerprint density at radius 3 is 2.53 bits per heavy atom. The van der Waals surface area contributed by atoms with Crippen LogP contribution in [0.5, 0.6) is 0 Å². The van der Waals surface area contributed by atoms with Gasteiger partial charge in [-0.05, 0) is 54.1 Å². The van der Waals surface area contributed by atoms with Crippen LogP contribution in [0.2, 0.25) is 0 Å². The molecule has 0 radical (unpaired) electrons. The van der Waals surface area contributed by atoms with Crippen molar-refractivity contribution in [1.82, 2.24) is 4.90 Å². The van der Waals surface area contributed by atoms with Crippen LogP contribution in [0.4, 0.5) is 11.4 Å². The highest BCUT2D eigenvalue weighted by molar-refractivity contribution is 7.21. The lowest BCUT2D eigenvalue weighted by Crippen LogP contribution is -2.25. The summed E-state index contributed by atoms with van der Waals surface area (Å²) in [6, 6.07) is 15.5. The molecule has 32 heavy (non-hydrogen) atoms. The number of carbonyl (C=O) groups excluding carboxylic acids is 3. The monoisotopic (exact) mass is 447 g/mol. The molecule has 6 nitrogen and oxygen atoms in total. The molecular weight excluding hydrogens is 422 g/mol. The minimum atomic E-state index is -0.132. The standard InChI is InChI=1S/C25H25N3O3S/c1-16(29)27-14-12-17(15-27)23-20-5-2-3-6-21(20)32-24(23)25(31)26-18-8-10-19(11-9-18)28-13-4-7-22(28)30/h2-3,5-6,8-11,17H,4,7,12-15H2,1H3,(H,26,31)/t17-/m1/s1. The van der Waals surface area contributed by atoms with Crippen molar-refractivity contribution in [3.05, 3.63) is 59.0 Å². The number of carbonyl (C=O) groups is 3. The Morgan fingerprint density at radius 1 is 1.06 bits per heavy atom. The molecule has 5 rings (SSSR count). The summed E-state index contributed by atoms with van der Waals surface area (Å²) in [4.78, 5) is 41.5. The Morgan fingerprint density at radius 2 is 1.84 bits per heavy atom. The molecule has 3 heterocycles. The average Bonchev–Trinajstić information content (AvgIpc) is 3.52. The number of anilines is 2. The highest BCUT2D eigenvalue weighted by Gasteiger charge is 2.31. The molecule has 0 saturated carbocycles. The molecule has 0 unspecified atom stereocenters. The first-order valence-corrected chi connectivity index (χ1v) is 11.8. The fourth-order valence-corrected chi connectivity index (χ4v) is 5.94. The number of amides is 3. The first-order chi connectivity index (χ1) is 15.5. The maximum atomic E-state index is 13.3. The number of benzene rings is 2. The van der Waals surface area contributed by atoms with Gasteiger partial charge in [0.1, 0.15) is 0 Å². The van der Waals surface area contributed by atoms with Crippen LogP contribution in [0.15, 0.2) is 48.5 Å². The average molecular weight is 448 g/mol. The zero-order valence-electron chi connectivity index (χ0n) is 18.0. The van der Waals surface area contributed by atoms with Gasteiger partial charge in [0.15, 0.2) is 0 Å². The van der Waals surface area contributed by atoms with Crippen molar-refractivity contribution in [2.45, 2.75) is 32.1 Å². The van der Waals surface area contributed by atoms with Crippen molar-refractivity contribution in [2.75, 3.05) is 29.9 Å². The van der Waals surface area contributed by atoms with Gasteiger partial charge in [0.2, 0.25) is 11.8 Å². The minimum absolute atomic E-state index is 0.0783. The van der Waals surface area contributed by atoms with Crippen LogP contribution < -0.4 is 10.2 Å². The third-order valence-corrected chi connectivity index (χ3v) is 7.58. The van der Waals surface area contributed by atoms with Gasteiger partial charge in [0, 0.05) is 55.0 Å². The van der Waals surface area contributed by atoms with Crippen LogP contribution in [-0.4, -0.2) is 42.3 Å². The van der Waals surface area contributed by atoms with E-state index in [1.165, 1.54) is 11.3 Å². The Bertz CT molecular complexity index is 1200. The quantitative estimate of drug-likeness (QED) is 0.635. The lowest BCUT2D eigenvalue weighted by Gasteiger charge is -2.16. The van der Waals surface area contributed by atoms with Gasteiger partial charge in [-0.1, -0.05) is 18.2 Å². The molecule has 2 fully saturated rings. The lowest BCUT2D eigenvalue weighted by atomic mass is 9.95. The van der Waals surface area contributed by atoms with Crippen molar-refractivity contribution in [1.29, 1.82) is 0 Å². The number of rotatable bonds is 4. The molecule has 7 heteroatoms. The predicted octanol–water partition coefficient (Wildman–Crippen LogP) is 4.62. The Labute approximate surface area is 190 Å². The molecule has 164 valence electrons. The van der Waals surface area contributed by atoms with Gasteiger partial charge in [-0.15, -0.1) is 11.3 Å². The normalized spacial score (nSPS) is 18.5. The molecule has 1 atom stereocenters. The summed E-state index contributed by atoms with van der Waals surface area (Å²) in [5.74, 6) is 0.245. The highest BCUT2D eigenvalue weighted by Crippen LogP contribution is 2.40. The molecular formula is C25H25N3O3S. The van der Waals surface area contributed by atoms with Gasteiger partial charge < -0.3 is 15.1 Å². The van der Waals surface area contributed by atoms with E-state index in [1.54, 1.807) is 11.8 Å². The van der Waals surface area contributed by atoms with Crippen LogP contribution in [0, 0.1) is 0 Å². The van der Waals surface area contributed by atoms with E-state index in [9.17, 15) is 14.4 Å². The smallest absolute Gasteiger partial charge is 0.266 e. The van der Waals surface area contributed by atoms with Crippen LogP contribution in [-0.2, 0) is 9.59 Å². The Hall–Kier alpha value is -3.19. The van der Waals surface area contributed by atoms with E-state index in [0.29, 0.717) is 23.5 Å². The van der Waals surface area contributed by atoms with Gasteiger partial charge in [-0.3, -0.25) is 14.4 Å². The molecule has 1 N–H and O–H groups in total. The van der Waals surface area contributed by atoms with E-state index >= 15 is 0 Å². The van der Waals surface area contributed by atoms with Gasteiger partial charge >= 0.3 is 0 Å². The molecule has 1 aromatic heterocycles. The van der Waals surface area contributed by atoms with Gasteiger partial charge in [0.25, 0.3) is 5.91 Å². The van der Waals surface area contributed by atoms with Crippen LogP contribution in [0.25, 0.3) is 10.1 Å². The zero-order chi connectivity index (χ0) is 22.2. The topological polar surface area (TPSA) is 69.7 Å². The summed E-state index contributed by atoms with van der Waals surface area (Å²) in [7, 11) is 0. The van der Waals surface area contributed by atoms with E-state index in [0.717, 1.165) is 47.3 Å². The van der Waals surface area contributed by atoms with E-state index in [4.69, 9.17) is 0 Å². The van der Waals surface area contributed by atoms with Crippen molar-refractivity contribution >= 4 is 50.5 Å². The number of hydrogen-bond donors (Lipinski definition) is 1. The summed E-state index contributed by atoms with van der Waals surface area (Å²) < 4.78 is 1.08. The van der Waals surface area contributed by atoms with Crippen molar-refractivity contribution in [3.8, 4) is 0 Å². The number of hydrogen-bond acceptors (Lipinski definition) is 4. The molecule has 3 aromatic rings. The summed E-state index contributed by atoms with van der Waals surface area (Å²) >= 11 is 1.50. The first-order valence-electron chi connectivity index (χ1n) is 11.0. The summed E-state index contributed by atoms with van der Waals surface area (Å²) in [6.45, 7) is 3.71. The highest BCUT2D eigenvalue weighted by atomic mass is 32.1. The summed E-state index contributed by atoms with van der Waals surface area (Å²) in [6.07, 6.45) is 2.34. The second kappa shape index (κ2) is 8.39. The first kappa shape index (κ1) is 20.7. The second-order valence-corrected chi connectivity index (χ2v) is 9.49. The molecule has 0 bridgehead atoms. The molecule has 3 amide bonds. The largest absolute Gasteiger partial charge is 0.342 e. The van der Waals surface area contributed by atoms with Crippen molar-refractivity contribution in [3.63, 3.8) is 0 Å². The molecule has 2 aromatic carbocycles.